The maximum atomic E-state index is 14.5. The van der Waals surface area contributed by atoms with E-state index >= 15 is 0 Å². The van der Waals surface area contributed by atoms with Crippen molar-refractivity contribution in [3.63, 3.8) is 0 Å². The number of esters is 1. The van der Waals surface area contributed by atoms with Crippen LogP contribution in [0.15, 0.2) is 53.0 Å². The van der Waals surface area contributed by atoms with Gasteiger partial charge in [-0.25, -0.2) is 0 Å². The normalized spacial score (nSPS) is 33.1. The lowest BCUT2D eigenvalue weighted by atomic mass is 9.74. The van der Waals surface area contributed by atoms with Crippen LogP contribution in [-0.2, 0) is 28.7 Å². The fraction of sp³-hybridized carbons (Fsp3) is 0.588. The van der Waals surface area contributed by atoms with Gasteiger partial charge in [-0.05, 0) is 58.1 Å². The van der Waals surface area contributed by atoms with Crippen molar-refractivity contribution < 1.29 is 33.8 Å². The molecule has 7 atom stereocenters. The summed E-state index contributed by atoms with van der Waals surface area (Å²) in [5.74, 6) is -3.20. The van der Waals surface area contributed by atoms with Crippen molar-refractivity contribution in [2.75, 3.05) is 26.7 Å². The molecule has 0 radical (unpaired) electrons. The number of fused-ring (bicyclic) bond motifs is 2. The van der Waals surface area contributed by atoms with E-state index < -0.39 is 47.7 Å². The van der Waals surface area contributed by atoms with Crippen LogP contribution in [0.5, 0.6) is 0 Å². The van der Waals surface area contributed by atoms with Gasteiger partial charge in [0.1, 0.15) is 29.8 Å². The van der Waals surface area contributed by atoms with Crippen molar-refractivity contribution in [1.29, 1.82) is 0 Å². The molecule has 45 heavy (non-hydrogen) atoms. The van der Waals surface area contributed by atoms with Gasteiger partial charge in [-0.1, -0.05) is 58.4 Å². The van der Waals surface area contributed by atoms with Crippen molar-refractivity contribution in [3.8, 4) is 0 Å². The van der Waals surface area contributed by atoms with Crippen LogP contribution >= 0.6 is 15.9 Å². The van der Waals surface area contributed by atoms with Gasteiger partial charge in [-0.2, -0.15) is 0 Å². The molecule has 5 bridgehead atoms. The summed E-state index contributed by atoms with van der Waals surface area (Å²) in [6.45, 7) is 6.35. The van der Waals surface area contributed by atoms with Gasteiger partial charge in [0.2, 0.25) is 17.7 Å². The highest BCUT2D eigenvalue weighted by Gasteiger charge is 2.75. The third kappa shape index (κ3) is 6.11. The number of halogens is 1. The number of carbonyl (C=O) groups excluding carboxylic acids is 4. The second-order valence-electron chi connectivity index (χ2n) is 12.8. The number of aliphatic hydroxyl groups is 1. The summed E-state index contributed by atoms with van der Waals surface area (Å²) in [5.41, 5.74) is -0.614. The van der Waals surface area contributed by atoms with Crippen LogP contribution in [0.4, 0.5) is 0 Å². The number of allylic oxidation sites excluding steroid dienone is 1. The lowest BCUT2D eigenvalue weighted by molar-refractivity contribution is -0.164. The number of rotatable bonds is 7. The number of likely N-dealkylation sites (tertiary alicyclic amines) is 1. The Hall–Kier alpha value is -3.02. The van der Waals surface area contributed by atoms with Gasteiger partial charge in [0, 0.05) is 43.7 Å². The number of likely N-dealkylation sites (N-methyl/N-ethyl adjacent to an activating group) is 1. The van der Waals surface area contributed by atoms with Gasteiger partial charge in [-0.3, -0.25) is 19.2 Å². The first-order valence-electron chi connectivity index (χ1n) is 16.0. The molecule has 0 aromatic heterocycles. The molecule has 0 aliphatic carbocycles. The van der Waals surface area contributed by atoms with Crippen LogP contribution in [0.25, 0.3) is 0 Å². The van der Waals surface area contributed by atoms with Gasteiger partial charge < -0.3 is 29.3 Å². The van der Waals surface area contributed by atoms with Crippen LogP contribution in [-0.4, -0.2) is 100 Å². The second kappa shape index (κ2) is 13.8. The molecule has 0 saturated carbocycles. The average Bonchev–Trinajstić information content (AvgIpc) is 3.61. The zero-order chi connectivity index (χ0) is 32.5. The molecule has 5 rings (SSSR count). The molecule has 244 valence electrons. The lowest BCUT2D eigenvalue weighted by Crippen LogP contribution is -2.57. The van der Waals surface area contributed by atoms with E-state index in [0.29, 0.717) is 43.3 Å². The van der Waals surface area contributed by atoms with Crippen LogP contribution in [0.3, 0.4) is 0 Å². The van der Waals surface area contributed by atoms with E-state index in [9.17, 15) is 24.3 Å². The molecule has 4 heterocycles. The Labute approximate surface area is 273 Å². The van der Waals surface area contributed by atoms with Crippen LogP contribution < -0.4 is 0 Å². The lowest BCUT2D eigenvalue weighted by Gasteiger charge is -2.37. The smallest absolute Gasteiger partial charge is 0.313 e. The number of hydrogen-bond donors (Lipinski definition) is 1. The molecule has 10 nitrogen and oxygen atoms in total. The Kier molecular flexibility index (Phi) is 10.2. The van der Waals surface area contributed by atoms with Crippen molar-refractivity contribution in [2.45, 2.75) is 88.8 Å². The molecular formula is C34H44BrN3O7. The predicted molar refractivity (Wildman–Crippen MR) is 171 cm³/mol. The topological polar surface area (TPSA) is 117 Å². The van der Waals surface area contributed by atoms with Crippen molar-refractivity contribution in [1.82, 2.24) is 14.7 Å². The molecule has 1 aromatic carbocycles. The molecule has 11 heteroatoms. The number of amides is 3. The molecule has 1 N–H and O–H groups in total. The fourth-order valence-electron chi connectivity index (χ4n) is 7.20. The molecule has 1 spiro atoms. The van der Waals surface area contributed by atoms with Gasteiger partial charge in [0.25, 0.3) is 0 Å². The number of ether oxygens (including phenoxy) is 2. The summed E-state index contributed by atoms with van der Waals surface area (Å²) < 4.78 is 13.5. The maximum absolute atomic E-state index is 14.5. The Morgan fingerprint density at radius 3 is 2.44 bits per heavy atom. The fourth-order valence-corrected chi connectivity index (χ4v) is 7.94. The SMILES string of the molecule is CC(C)N1C/C=C\CCC(=O)N(C)[C@@H](C)[C@H](c2ccccc2)OC(=O)[C@H]2[C@@H]3O[C@@]4(C=C3Br)[C@@H]2C(=O)N(CCCCCO)[C@@H]4C1=O. The molecule has 4 aliphatic heterocycles. The highest BCUT2D eigenvalue weighted by molar-refractivity contribution is 9.11. The molecule has 2 fully saturated rings. The minimum atomic E-state index is -1.34. The van der Waals surface area contributed by atoms with Gasteiger partial charge >= 0.3 is 5.97 Å². The minimum Gasteiger partial charge on any atom is -0.455 e. The highest BCUT2D eigenvalue weighted by Crippen LogP contribution is 2.59. The maximum Gasteiger partial charge on any atom is 0.313 e. The van der Waals surface area contributed by atoms with E-state index in [1.807, 2.05) is 69.3 Å². The van der Waals surface area contributed by atoms with Gasteiger partial charge in [-0.15, -0.1) is 0 Å². The third-order valence-electron chi connectivity index (χ3n) is 9.70. The number of aliphatic hydroxyl groups excluding tert-OH is 1. The number of carbonyl (C=O) groups is 4. The molecule has 1 aromatic rings. The van der Waals surface area contributed by atoms with E-state index in [1.165, 1.54) is 0 Å². The Morgan fingerprint density at radius 2 is 1.76 bits per heavy atom. The molecular weight excluding hydrogens is 642 g/mol. The minimum absolute atomic E-state index is 0.0481. The monoisotopic (exact) mass is 685 g/mol. The highest BCUT2D eigenvalue weighted by atomic mass is 79.9. The third-order valence-corrected chi connectivity index (χ3v) is 10.4. The molecule has 3 amide bonds. The molecule has 2 saturated heterocycles. The first-order chi connectivity index (χ1) is 21.5. The Balaban J connectivity index is 1.60. The Bertz CT molecular complexity index is 1350. The second-order valence-corrected chi connectivity index (χ2v) is 13.7. The van der Waals surface area contributed by atoms with Crippen LogP contribution in [0.1, 0.15) is 64.5 Å². The van der Waals surface area contributed by atoms with E-state index in [0.717, 1.165) is 5.56 Å². The van der Waals surface area contributed by atoms with Gasteiger partial charge in [0.05, 0.1) is 12.0 Å². The van der Waals surface area contributed by atoms with E-state index in [2.05, 4.69) is 15.9 Å². The summed E-state index contributed by atoms with van der Waals surface area (Å²) in [5, 5.41) is 9.32. The van der Waals surface area contributed by atoms with Crippen LogP contribution in [0.2, 0.25) is 0 Å². The van der Waals surface area contributed by atoms with E-state index in [1.54, 1.807) is 21.7 Å². The zero-order valence-corrected chi connectivity index (χ0v) is 28.0. The number of benzene rings is 1. The zero-order valence-electron chi connectivity index (χ0n) is 26.4. The summed E-state index contributed by atoms with van der Waals surface area (Å²) in [6.07, 6.45) is 6.66. The van der Waals surface area contributed by atoms with Crippen molar-refractivity contribution in [3.05, 3.63) is 58.6 Å². The number of unbranched alkanes of at least 4 members (excludes halogenated alkanes) is 2. The standard InChI is InChI=1S/C34H44BrN3O7/c1-21(2)37-17-11-6-10-16-25(40)36(4)22(3)28(23-14-8-5-9-15-23)44-33(43)26-27-31(41)38(18-12-7-13-19-39)30(32(37)42)34(27)20-24(35)29(26)45-34/h5-6,8-9,11,14-15,20-22,26-30,39H,7,10,12-13,16-19H2,1-4H3/b11-6-/t22-,26+,27-,28+,29+,30+,34-/m0/s1. The largest absolute Gasteiger partial charge is 0.455 e. The van der Waals surface area contributed by atoms with Crippen molar-refractivity contribution in [2.24, 2.45) is 11.8 Å². The molecule has 4 aliphatic rings. The summed E-state index contributed by atoms with van der Waals surface area (Å²) in [4.78, 5) is 61.4. The predicted octanol–water partition coefficient (Wildman–Crippen LogP) is 3.74. The first-order valence-corrected chi connectivity index (χ1v) is 16.8. The van der Waals surface area contributed by atoms with Crippen molar-refractivity contribution >= 4 is 39.6 Å². The van der Waals surface area contributed by atoms with Gasteiger partial charge in [0.15, 0.2) is 0 Å². The summed E-state index contributed by atoms with van der Waals surface area (Å²) in [7, 11) is 1.71. The summed E-state index contributed by atoms with van der Waals surface area (Å²) >= 11 is 3.61. The number of hydrogen-bond acceptors (Lipinski definition) is 7. The molecule has 0 unspecified atom stereocenters. The quantitative estimate of drug-likeness (QED) is 0.264. The van der Waals surface area contributed by atoms with E-state index in [-0.39, 0.29) is 36.8 Å². The number of cyclic esters (lactones) is 1. The number of nitrogens with zero attached hydrogens (tertiary/aromatic N) is 3. The Morgan fingerprint density at radius 1 is 1.02 bits per heavy atom. The summed E-state index contributed by atoms with van der Waals surface area (Å²) in [6, 6.07) is 7.64. The average molecular weight is 687 g/mol. The van der Waals surface area contributed by atoms with Crippen LogP contribution in [0, 0.1) is 11.8 Å². The van der Waals surface area contributed by atoms with E-state index in [4.69, 9.17) is 9.47 Å². The first kappa shape index (κ1) is 33.3.